The van der Waals surface area contributed by atoms with E-state index in [1.54, 1.807) is 12.4 Å². The van der Waals surface area contributed by atoms with Gasteiger partial charge in [0.2, 0.25) is 10.0 Å². The summed E-state index contributed by atoms with van der Waals surface area (Å²) in [5, 5.41) is 9.55. The Morgan fingerprint density at radius 3 is 2.39 bits per heavy atom. The molecule has 2 aliphatic rings. The van der Waals surface area contributed by atoms with Crippen molar-refractivity contribution in [1.29, 1.82) is 0 Å². The first kappa shape index (κ1) is 22.0. The van der Waals surface area contributed by atoms with E-state index in [0.717, 1.165) is 53.3 Å². The maximum atomic E-state index is 11.8. The van der Waals surface area contributed by atoms with Crippen LogP contribution in [0.1, 0.15) is 6.42 Å². The summed E-state index contributed by atoms with van der Waals surface area (Å²) in [4.78, 5) is 18.4. The third kappa shape index (κ3) is 4.50. The van der Waals surface area contributed by atoms with Gasteiger partial charge in [-0.1, -0.05) is 12.1 Å². The summed E-state index contributed by atoms with van der Waals surface area (Å²) in [7, 11) is -3.14. The summed E-state index contributed by atoms with van der Waals surface area (Å²) in [6.07, 6.45) is 5.57. The molecule has 5 rings (SSSR count). The van der Waals surface area contributed by atoms with E-state index in [2.05, 4.69) is 31.9 Å². The Labute approximate surface area is 193 Å². The van der Waals surface area contributed by atoms with Crippen molar-refractivity contribution >= 4 is 32.6 Å². The van der Waals surface area contributed by atoms with Crippen LogP contribution in [0.15, 0.2) is 42.7 Å². The first-order chi connectivity index (χ1) is 15.9. The number of sulfonamides is 1. The molecule has 2 saturated heterocycles. The lowest BCUT2D eigenvalue weighted by atomic mass is 10.1. The first-order valence-corrected chi connectivity index (χ1v) is 13.1. The molecule has 10 heteroatoms. The lowest BCUT2D eigenvalue weighted by Crippen LogP contribution is -2.48. The molecule has 2 fully saturated rings. The predicted octanol–water partition coefficient (Wildman–Crippen LogP) is 1.59. The number of pyridine rings is 1. The van der Waals surface area contributed by atoms with Crippen LogP contribution in [-0.4, -0.2) is 84.9 Å². The number of nitrogens with zero attached hydrogens (tertiary/aromatic N) is 6. The van der Waals surface area contributed by atoms with Crippen molar-refractivity contribution in [2.24, 2.45) is 5.92 Å². The minimum atomic E-state index is -3.14. The molecular formula is C23H28N6O3S. The highest BCUT2D eigenvalue weighted by Gasteiger charge is 2.26. The number of hydrogen-bond donors (Lipinski definition) is 1. The Morgan fingerprint density at radius 2 is 1.73 bits per heavy atom. The molecule has 1 atom stereocenters. The van der Waals surface area contributed by atoms with E-state index in [4.69, 9.17) is 4.98 Å². The van der Waals surface area contributed by atoms with Crippen molar-refractivity contribution in [3.05, 3.63) is 42.7 Å². The summed E-state index contributed by atoms with van der Waals surface area (Å²) in [6, 6.07) is 10.2. The van der Waals surface area contributed by atoms with Gasteiger partial charge in [0.15, 0.2) is 5.82 Å². The zero-order valence-corrected chi connectivity index (χ0v) is 19.4. The van der Waals surface area contributed by atoms with Crippen LogP contribution in [0.5, 0.6) is 0 Å². The molecule has 0 aliphatic carbocycles. The molecule has 2 aromatic heterocycles. The van der Waals surface area contributed by atoms with E-state index >= 15 is 0 Å². The van der Waals surface area contributed by atoms with Gasteiger partial charge in [0.1, 0.15) is 5.52 Å². The highest BCUT2D eigenvalue weighted by Crippen LogP contribution is 2.31. The number of aromatic nitrogens is 3. The third-order valence-electron chi connectivity index (χ3n) is 6.52. The molecule has 4 heterocycles. The van der Waals surface area contributed by atoms with Gasteiger partial charge in [-0.05, 0) is 24.6 Å². The van der Waals surface area contributed by atoms with Gasteiger partial charge in [0.25, 0.3) is 0 Å². The fourth-order valence-electron chi connectivity index (χ4n) is 4.62. The number of rotatable bonds is 5. The predicted molar refractivity (Wildman–Crippen MR) is 129 cm³/mol. The Hall–Kier alpha value is -2.82. The lowest BCUT2D eigenvalue weighted by molar-refractivity contribution is 0.238. The molecule has 174 valence electrons. The van der Waals surface area contributed by atoms with Crippen LogP contribution in [0.2, 0.25) is 0 Å². The number of piperazine rings is 1. The van der Waals surface area contributed by atoms with Crippen LogP contribution in [0.4, 0.5) is 11.5 Å². The van der Waals surface area contributed by atoms with Gasteiger partial charge in [-0.3, -0.25) is 4.98 Å². The van der Waals surface area contributed by atoms with E-state index in [1.807, 2.05) is 18.2 Å². The topological polar surface area (TPSA) is 103 Å². The van der Waals surface area contributed by atoms with Gasteiger partial charge in [-0.25, -0.2) is 18.4 Å². The largest absolute Gasteiger partial charge is 0.396 e. The van der Waals surface area contributed by atoms with Gasteiger partial charge in [-0.15, -0.1) is 0 Å². The fourth-order valence-corrected chi connectivity index (χ4v) is 5.45. The maximum absolute atomic E-state index is 11.8. The Morgan fingerprint density at radius 1 is 1.00 bits per heavy atom. The van der Waals surface area contributed by atoms with Gasteiger partial charge in [0.05, 0.1) is 17.5 Å². The highest BCUT2D eigenvalue weighted by molar-refractivity contribution is 7.88. The first-order valence-electron chi connectivity index (χ1n) is 11.2. The quantitative estimate of drug-likeness (QED) is 0.602. The van der Waals surface area contributed by atoms with E-state index in [9.17, 15) is 13.5 Å². The van der Waals surface area contributed by atoms with Gasteiger partial charge >= 0.3 is 0 Å². The number of aliphatic hydroxyl groups is 1. The summed E-state index contributed by atoms with van der Waals surface area (Å²) in [5.41, 5.74) is 4.46. The smallest absolute Gasteiger partial charge is 0.211 e. The number of benzene rings is 1. The molecule has 3 aromatic rings. The van der Waals surface area contributed by atoms with Gasteiger partial charge in [-0.2, -0.15) is 4.31 Å². The highest BCUT2D eigenvalue weighted by atomic mass is 32.2. The molecule has 2 aliphatic heterocycles. The van der Waals surface area contributed by atoms with Crippen LogP contribution in [0.3, 0.4) is 0 Å². The van der Waals surface area contributed by atoms with Crippen LogP contribution in [-0.2, 0) is 10.0 Å². The molecule has 0 spiro atoms. The Balaban J connectivity index is 1.41. The molecule has 0 radical (unpaired) electrons. The van der Waals surface area contributed by atoms with Crippen molar-refractivity contribution in [3.63, 3.8) is 0 Å². The van der Waals surface area contributed by atoms with Crippen LogP contribution in [0.25, 0.3) is 22.3 Å². The van der Waals surface area contributed by atoms with Crippen LogP contribution >= 0.6 is 0 Å². The molecule has 0 unspecified atom stereocenters. The average molecular weight is 469 g/mol. The van der Waals surface area contributed by atoms with Crippen LogP contribution in [0, 0.1) is 5.92 Å². The van der Waals surface area contributed by atoms with Crippen molar-refractivity contribution in [2.75, 3.05) is 61.9 Å². The fraction of sp³-hybridized carbons (Fsp3) is 0.435. The second-order valence-electron chi connectivity index (χ2n) is 8.73. The molecule has 0 bridgehead atoms. The lowest BCUT2D eigenvalue weighted by Gasteiger charge is -2.34. The summed E-state index contributed by atoms with van der Waals surface area (Å²) in [6.45, 7) is 4.12. The standard InChI is InChI=1S/C23H28N6O3S/c1-33(31,32)29-12-10-27(11-13-29)19-4-2-18(3-5-19)20-14-21-22(25-8-7-24-21)23(26-20)28-9-6-17(15-28)16-30/h2-5,7-8,14,17,30H,6,9-13,15-16H2,1H3/t17-/m0/s1. The van der Waals surface area contributed by atoms with Crippen molar-refractivity contribution in [2.45, 2.75) is 6.42 Å². The number of anilines is 2. The summed E-state index contributed by atoms with van der Waals surface area (Å²) in [5.74, 6) is 1.07. The number of aliphatic hydroxyl groups excluding tert-OH is 1. The zero-order valence-electron chi connectivity index (χ0n) is 18.6. The molecule has 1 N–H and O–H groups in total. The van der Waals surface area contributed by atoms with Gasteiger partial charge < -0.3 is 14.9 Å². The molecule has 1 aromatic carbocycles. The summed E-state index contributed by atoms with van der Waals surface area (Å²) >= 11 is 0. The second-order valence-corrected chi connectivity index (χ2v) is 10.7. The minimum Gasteiger partial charge on any atom is -0.396 e. The second kappa shape index (κ2) is 8.85. The normalized spacial score (nSPS) is 20.0. The SMILES string of the molecule is CS(=O)(=O)N1CCN(c2ccc(-c3cc4nccnc4c(N4CC[C@H](CO)C4)n3)cc2)CC1. The maximum Gasteiger partial charge on any atom is 0.211 e. The molecule has 33 heavy (non-hydrogen) atoms. The average Bonchev–Trinajstić information content (AvgIpc) is 3.32. The van der Waals surface area contributed by atoms with Crippen molar-refractivity contribution in [1.82, 2.24) is 19.3 Å². The van der Waals surface area contributed by atoms with E-state index in [0.29, 0.717) is 26.2 Å². The van der Waals surface area contributed by atoms with E-state index in [1.165, 1.54) is 10.6 Å². The van der Waals surface area contributed by atoms with Crippen molar-refractivity contribution in [3.8, 4) is 11.3 Å². The van der Waals surface area contributed by atoms with Crippen LogP contribution < -0.4 is 9.80 Å². The van der Waals surface area contributed by atoms with Gasteiger partial charge in [0, 0.05) is 75.4 Å². The molecule has 0 saturated carbocycles. The molecule has 0 amide bonds. The summed E-state index contributed by atoms with van der Waals surface area (Å²) < 4.78 is 25.0. The minimum absolute atomic E-state index is 0.180. The number of fused-ring (bicyclic) bond motifs is 1. The third-order valence-corrected chi connectivity index (χ3v) is 7.82. The monoisotopic (exact) mass is 468 g/mol. The van der Waals surface area contributed by atoms with Crippen molar-refractivity contribution < 1.29 is 13.5 Å². The molecule has 9 nitrogen and oxygen atoms in total. The van der Waals surface area contributed by atoms with E-state index < -0.39 is 10.0 Å². The van der Waals surface area contributed by atoms with E-state index in [-0.39, 0.29) is 12.5 Å². The zero-order chi connectivity index (χ0) is 23.0. The Kier molecular flexibility index (Phi) is 5.90. The molecular weight excluding hydrogens is 440 g/mol. The Bertz CT molecular complexity index is 1240. The number of hydrogen-bond acceptors (Lipinski definition) is 8.